The van der Waals surface area contributed by atoms with Crippen molar-refractivity contribution < 1.29 is 32.7 Å². The molecule has 1 nitrogen and oxygen atoms in total. The third-order valence-corrected chi connectivity index (χ3v) is 1.09. The van der Waals surface area contributed by atoms with E-state index in [1.54, 1.807) is 0 Å². The maximum absolute atomic E-state index is 3.63. The molecule has 1 aromatic carbocycles. The molecule has 1 radical (unpaired) electrons. The Morgan fingerprint density at radius 3 is 2.27 bits per heavy atom. The first kappa shape index (κ1) is 10.7. The van der Waals surface area contributed by atoms with E-state index in [9.17, 15) is 0 Å². The summed E-state index contributed by atoms with van der Waals surface area (Å²) in [6, 6.07) is 9.83. The molecule has 0 aromatic heterocycles. The molecule has 0 bridgehead atoms. The van der Waals surface area contributed by atoms with Crippen LogP contribution in [0.15, 0.2) is 42.6 Å². The van der Waals surface area contributed by atoms with Crippen LogP contribution in [0.3, 0.4) is 0 Å². The van der Waals surface area contributed by atoms with Gasteiger partial charge in [-0.1, -0.05) is 18.2 Å². The van der Waals surface area contributed by atoms with E-state index in [-0.39, 0.29) is 32.7 Å². The Labute approximate surface area is 92.8 Å². The maximum atomic E-state index is 3.63. The number of hydrogen-bond acceptors (Lipinski definition) is 1. The van der Waals surface area contributed by atoms with Crippen LogP contribution in [0.5, 0.6) is 0 Å². The second-order valence-electron chi connectivity index (χ2n) is 2.09. The van der Waals surface area contributed by atoms with Gasteiger partial charge in [-0.3, -0.25) is 0 Å². The molecule has 0 fully saturated rings. The van der Waals surface area contributed by atoms with Gasteiger partial charge in [-0.25, -0.2) is 13.5 Å². The first-order chi connectivity index (χ1) is 4.79. The van der Waals surface area contributed by atoms with E-state index in [0.29, 0.717) is 5.70 Å². The minimum Gasteiger partial charge on any atom is -0.390 e. The first-order valence-electron chi connectivity index (χ1n) is 3.12. The van der Waals surface area contributed by atoms with Gasteiger partial charge in [-0.15, -0.1) is 5.70 Å². The normalized spacial score (nSPS) is 8.00. The Balaban J connectivity index is 0.000001000. The smallest absolute Gasteiger partial charge is 0.0357 e. The van der Waals surface area contributed by atoms with Crippen LogP contribution in [-0.4, -0.2) is 0 Å². The molecule has 11 heavy (non-hydrogen) atoms. The molecule has 0 atom stereocenters. The molecule has 55 valence electrons. The number of rotatable bonds is 2. The maximum Gasteiger partial charge on any atom is 0.0357 e. The van der Waals surface area contributed by atoms with Crippen LogP contribution in [-0.2, 0) is 32.7 Å². The van der Waals surface area contributed by atoms with Gasteiger partial charge in [0, 0.05) is 38.4 Å². The van der Waals surface area contributed by atoms with Gasteiger partial charge in [0.2, 0.25) is 0 Å². The number of hydrogen-bond donors (Lipinski definition) is 1. The molecule has 1 aromatic rings. The Morgan fingerprint density at radius 1 is 1.27 bits per heavy atom. The van der Waals surface area contributed by atoms with Crippen molar-refractivity contribution in [3.63, 3.8) is 0 Å². The van der Waals surface area contributed by atoms with Crippen LogP contribution in [0.25, 0.3) is 0 Å². The molecule has 1 rings (SSSR count). The molecule has 0 heterocycles. The van der Waals surface area contributed by atoms with Gasteiger partial charge >= 0.3 is 0 Å². The van der Waals surface area contributed by atoms with Gasteiger partial charge in [0.1, 0.15) is 0 Å². The van der Waals surface area contributed by atoms with Crippen LogP contribution >= 0.6 is 0 Å². The fourth-order valence-electron chi connectivity index (χ4n) is 0.726. The van der Waals surface area contributed by atoms with Crippen molar-refractivity contribution in [2.24, 2.45) is 0 Å². The van der Waals surface area contributed by atoms with E-state index in [1.165, 1.54) is 0 Å². The summed E-state index contributed by atoms with van der Waals surface area (Å²) in [5.74, 6) is 0. The molecule has 0 aliphatic heterocycles. The molecule has 0 aliphatic rings. The van der Waals surface area contributed by atoms with Gasteiger partial charge < -0.3 is 5.32 Å². The van der Waals surface area contributed by atoms with Crippen molar-refractivity contribution >= 4 is 5.69 Å². The first-order valence-corrected chi connectivity index (χ1v) is 3.12. The Hall–Kier alpha value is -0.266. The van der Waals surface area contributed by atoms with Crippen LogP contribution in [0, 0.1) is 6.92 Å². The summed E-state index contributed by atoms with van der Waals surface area (Å²) in [5, 5.41) is 3.00. The van der Waals surface area contributed by atoms with Crippen molar-refractivity contribution in [2.75, 3.05) is 5.32 Å². The zero-order valence-corrected chi connectivity index (χ0v) is 9.22. The second kappa shape index (κ2) is 5.39. The quantitative estimate of drug-likeness (QED) is 0.756. The van der Waals surface area contributed by atoms with E-state index in [4.69, 9.17) is 0 Å². The summed E-state index contributed by atoms with van der Waals surface area (Å²) in [6.45, 7) is 7.26. The van der Waals surface area contributed by atoms with Crippen molar-refractivity contribution in [3.05, 3.63) is 49.5 Å². The standard InChI is InChI=1S/C9H10N.Y/c1-8(2)10-9-6-4-3-5-7-9;/h3-7,10H,1-2H2;/q-1;. The zero-order chi connectivity index (χ0) is 7.40. The number of para-hydroxylation sites is 1. The molecule has 1 N–H and O–H groups in total. The topological polar surface area (TPSA) is 12.0 Å². The van der Waals surface area contributed by atoms with Crippen molar-refractivity contribution in [3.8, 4) is 0 Å². The van der Waals surface area contributed by atoms with Gasteiger partial charge in [0.05, 0.1) is 0 Å². The van der Waals surface area contributed by atoms with Gasteiger partial charge in [-0.2, -0.15) is 0 Å². The van der Waals surface area contributed by atoms with Crippen LogP contribution in [0.2, 0.25) is 0 Å². The summed E-state index contributed by atoms with van der Waals surface area (Å²) in [4.78, 5) is 0. The molecule has 0 saturated heterocycles. The van der Waals surface area contributed by atoms with Gasteiger partial charge in [0.15, 0.2) is 0 Å². The Kier molecular flexibility index (Phi) is 5.26. The fourth-order valence-corrected chi connectivity index (χ4v) is 0.726. The van der Waals surface area contributed by atoms with E-state index < -0.39 is 0 Å². The Bertz CT molecular complexity index is 218. The van der Waals surface area contributed by atoms with Crippen LogP contribution in [0.1, 0.15) is 0 Å². The van der Waals surface area contributed by atoms with Crippen molar-refractivity contribution in [2.45, 2.75) is 0 Å². The van der Waals surface area contributed by atoms with Gasteiger partial charge in [-0.05, 0) is 12.1 Å². The monoisotopic (exact) mass is 221 g/mol. The molecule has 0 spiro atoms. The third-order valence-electron chi connectivity index (χ3n) is 1.09. The zero-order valence-electron chi connectivity index (χ0n) is 6.38. The van der Waals surface area contributed by atoms with E-state index in [1.807, 2.05) is 30.3 Å². The summed E-state index contributed by atoms with van der Waals surface area (Å²) in [5.41, 5.74) is 1.74. The predicted molar refractivity (Wildman–Crippen MR) is 44.6 cm³/mol. The molecule has 0 saturated carbocycles. The SMILES string of the molecule is C=C([CH2-])Nc1ccccc1.[Y]. The van der Waals surface area contributed by atoms with E-state index in [0.717, 1.165) is 5.69 Å². The summed E-state index contributed by atoms with van der Waals surface area (Å²) >= 11 is 0. The predicted octanol–water partition coefficient (Wildman–Crippen LogP) is 2.44. The number of anilines is 1. The van der Waals surface area contributed by atoms with Gasteiger partial charge in [0.25, 0.3) is 0 Å². The molecular formula is C9H10NY-. The fraction of sp³-hybridized carbons (Fsp3) is 0. The molecular weight excluding hydrogens is 211 g/mol. The largest absolute Gasteiger partial charge is 0.390 e. The Morgan fingerprint density at radius 2 is 1.82 bits per heavy atom. The minimum absolute atomic E-state index is 0. The summed E-state index contributed by atoms with van der Waals surface area (Å²) < 4.78 is 0. The molecule has 0 amide bonds. The second-order valence-corrected chi connectivity index (χ2v) is 2.09. The molecule has 2 heteroatoms. The number of nitrogens with one attached hydrogen (secondary N) is 1. The minimum atomic E-state index is 0. The molecule has 0 unspecified atom stereocenters. The third kappa shape index (κ3) is 4.23. The van der Waals surface area contributed by atoms with E-state index >= 15 is 0 Å². The average molecular weight is 221 g/mol. The molecule has 0 aliphatic carbocycles. The average Bonchev–Trinajstić information content (AvgIpc) is 1.88. The number of benzene rings is 1. The van der Waals surface area contributed by atoms with Crippen LogP contribution < -0.4 is 5.32 Å². The van der Waals surface area contributed by atoms with Crippen molar-refractivity contribution in [1.29, 1.82) is 0 Å². The van der Waals surface area contributed by atoms with Crippen LogP contribution in [0.4, 0.5) is 5.69 Å². The summed E-state index contributed by atoms with van der Waals surface area (Å²) in [6.07, 6.45) is 0. The summed E-state index contributed by atoms with van der Waals surface area (Å²) in [7, 11) is 0. The van der Waals surface area contributed by atoms with Crippen molar-refractivity contribution in [1.82, 2.24) is 0 Å². The van der Waals surface area contributed by atoms with E-state index in [2.05, 4.69) is 18.8 Å². The number of allylic oxidation sites excluding steroid dienone is 1.